The summed E-state index contributed by atoms with van der Waals surface area (Å²) in [4.78, 5) is 3.74. The van der Waals surface area contributed by atoms with E-state index in [4.69, 9.17) is 0 Å². The van der Waals surface area contributed by atoms with Crippen LogP contribution in [-0.4, -0.2) is 4.98 Å². The molecule has 0 spiro atoms. The summed E-state index contributed by atoms with van der Waals surface area (Å²) in [5.41, 5.74) is 9.73. The number of para-hydroxylation sites is 1. The summed E-state index contributed by atoms with van der Waals surface area (Å²) >= 11 is 0. The highest BCUT2D eigenvalue weighted by molar-refractivity contribution is 6.15. The van der Waals surface area contributed by atoms with Crippen molar-refractivity contribution in [2.24, 2.45) is 0 Å². The van der Waals surface area contributed by atoms with Gasteiger partial charge in [-0.3, -0.25) is 0 Å². The Morgan fingerprint density at radius 3 is 1.74 bits per heavy atom. The van der Waals surface area contributed by atoms with Crippen molar-refractivity contribution in [3.63, 3.8) is 0 Å². The monoisotopic (exact) mass is 495 g/mol. The second kappa shape index (κ2) is 8.72. The molecule has 1 heteroatoms. The predicted molar refractivity (Wildman–Crippen MR) is 167 cm³/mol. The maximum atomic E-state index is 3.74. The number of benzene rings is 7. The van der Waals surface area contributed by atoms with Crippen LogP contribution in [0.2, 0.25) is 0 Å². The highest BCUT2D eigenvalue weighted by Gasteiger charge is 2.15. The van der Waals surface area contributed by atoms with Gasteiger partial charge in [0.1, 0.15) is 0 Å². The van der Waals surface area contributed by atoms with E-state index in [1.807, 2.05) is 0 Å². The topological polar surface area (TPSA) is 15.8 Å². The van der Waals surface area contributed by atoms with Crippen molar-refractivity contribution in [1.82, 2.24) is 4.98 Å². The Kier molecular flexibility index (Phi) is 4.89. The number of hydrogen-bond acceptors (Lipinski definition) is 0. The summed E-state index contributed by atoms with van der Waals surface area (Å²) in [5, 5.41) is 7.59. The molecular formula is C38H25N. The molecule has 1 heterocycles. The van der Waals surface area contributed by atoms with E-state index in [-0.39, 0.29) is 0 Å². The first-order valence-electron chi connectivity index (χ1n) is 13.4. The summed E-state index contributed by atoms with van der Waals surface area (Å²) in [6.07, 6.45) is 0. The summed E-state index contributed by atoms with van der Waals surface area (Å²) in [5.74, 6) is 0. The van der Waals surface area contributed by atoms with Crippen molar-refractivity contribution in [3.05, 3.63) is 146 Å². The normalized spacial score (nSPS) is 11.6. The quantitative estimate of drug-likeness (QED) is 0.235. The van der Waals surface area contributed by atoms with Gasteiger partial charge in [0, 0.05) is 21.9 Å². The molecule has 0 aliphatic carbocycles. The largest absolute Gasteiger partial charge is 0.354 e. The number of aromatic nitrogens is 1. The molecule has 1 nitrogen and oxygen atoms in total. The lowest BCUT2D eigenvalue weighted by atomic mass is 9.89. The molecule has 39 heavy (non-hydrogen) atoms. The first kappa shape index (κ1) is 21.9. The summed E-state index contributed by atoms with van der Waals surface area (Å²) < 4.78 is 0. The molecule has 8 rings (SSSR count). The Balaban J connectivity index is 1.42. The zero-order valence-electron chi connectivity index (χ0n) is 21.4. The molecule has 8 aromatic rings. The van der Waals surface area contributed by atoms with Gasteiger partial charge in [0.2, 0.25) is 0 Å². The number of fused-ring (bicyclic) bond motifs is 5. The molecular weight excluding hydrogens is 470 g/mol. The van der Waals surface area contributed by atoms with Crippen LogP contribution in [0.15, 0.2) is 146 Å². The fourth-order valence-electron chi connectivity index (χ4n) is 6.14. The standard InChI is InChI=1S/C38H25N/c1-2-11-25(12-3-1)30-23-34(38-35(24-30)33-19-8-9-20-36(33)39-38)28-15-10-16-29(22-28)37-31-17-6-4-13-26(31)21-27-14-5-7-18-32(27)37/h1-24,39H. The fraction of sp³-hybridized carbons (Fsp3) is 0. The second-order valence-electron chi connectivity index (χ2n) is 10.3. The minimum Gasteiger partial charge on any atom is -0.354 e. The molecule has 0 unspecified atom stereocenters. The smallest absolute Gasteiger partial charge is 0.0544 e. The molecule has 0 atom stereocenters. The molecule has 0 aliphatic heterocycles. The van der Waals surface area contributed by atoms with Gasteiger partial charge in [-0.25, -0.2) is 0 Å². The molecule has 0 saturated heterocycles. The second-order valence-corrected chi connectivity index (χ2v) is 10.3. The fourth-order valence-corrected chi connectivity index (χ4v) is 6.14. The van der Waals surface area contributed by atoms with E-state index in [9.17, 15) is 0 Å². The Bertz CT molecular complexity index is 2110. The number of nitrogens with one attached hydrogen (secondary N) is 1. The Labute approximate surface area is 227 Å². The lowest BCUT2D eigenvalue weighted by Gasteiger charge is -2.14. The first-order valence-corrected chi connectivity index (χ1v) is 13.4. The zero-order valence-corrected chi connectivity index (χ0v) is 21.4. The van der Waals surface area contributed by atoms with E-state index in [1.165, 1.54) is 71.2 Å². The molecule has 7 aromatic carbocycles. The lowest BCUT2D eigenvalue weighted by Crippen LogP contribution is -1.88. The Morgan fingerprint density at radius 2 is 0.974 bits per heavy atom. The third-order valence-corrected chi connectivity index (χ3v) is 7.96. The minimum absolute atomic E-state index is 1.16. The zero-order chi connectivity index (χ0) is 25.8. The SMILES string of the molecule is c1ccc(-c2cc(-c3cccc(-c4c5ccccc5cc5ccccc45)c3)c3[nH]c4ccccc4c3c2)cc1. The number of hydrogen-bond donors (Lipinski definition) is 1. The van der Waals surface area contributed by atoms with Gasteiger partial charge in [-0.2, -0.15) is 0 Å². The van der Waals surface area contributed by atoms with Crippen LogP contribution in [0.3, 0.4) is 0 Å². The Morgan fingerprint density at radius 1 is 0.359 bits per heavy atom. The highest BCUT2D eigenvalue weighted by Crippen LogP contribution is 2.41. The first-order chi connectivity index (χ1) is 19.3. The van der Waals surface area contributed by atoms with Gasteiger partial charge in [-0.1, -0.05) is 115 Å². The van der Waals surface area contributed by atoms with E-state index in [2.05, 4.69) is 151 Å². The van der Waals surface area contributed by atoms with Gasteiger partial charge in [-0.05, 0) is 79.7 Å². The van der Waals surface area contributed by atoms with E-state index in [0.29, 0.717) is 0 Å². The molecule has 1 aromatic heterocycles. The molecule has 0 radical (unpaired) electrons. The summed E-state index contributed by atoms with van der Waals surface area (Å²) in [7, 11) is 0. The average molecular weight is 496 g/mol. The van der Waals surface area contributed by atoms with Crippen LogP contribution in [0.4, 0.5) is 0 Å². The van der Waals surface area contributed by atoms with Crippen molar-refractivity contribution >= 4 is 43.4 Å². The van der Waals surface area contributed by atoms with Crippen LogP contribution in [-0.2, 0) is 0 Å². The van der Waals surface area contributed by atoms with Crippen LogP contribution < -0.4 is 0 Å². The van der Waals surface area contributed by atoms with Crippen molar-refractivity contribution < 1.29 is 0 Å². The molecule has 0 amide bonds. The number of rotatable bonds is 3. The predicted octanol–water partition coefficient (Wildman–Crippen LogP) is 10.6. The van der Waals surface area contributed by atoms with Gasteiger partial charge in [-0.15, -0.1) is 0 Å². The highest BCUT2D eigenvalue weighted by atomic mass is 14.7. The number of aromatic amines is 1. The summed E-state index contributed by atoms with van der Waals surface area (Å²) in [6.45, 7) is 0. The minimum atomic E-state index is 1.16. The van der Waals surface area contributed by atoms with Gasteiger partial charge in [0.05, 0.1) is 5.52 Å². The molecule has 0 saturated carbocycles. The third-order valence-electron chi connectivity index (χ3n) is 7.96. The van der Waals surface area contributed by atoms with Crippen LogP contribution in [0.1, 0.15) is 0 Å². The van der Waals surface area contributed by atoms with Crippen LogP contribution in [0.25, 0.3) is 76.7 Å². The van der Waals surface area contributed by atoms with E-state index < -0.39 is 0 Å². The van der Waals surface area contributed by atoms with E-state index in [1.54, 1.807) is 0 Å². The molecule has 1 N–H and O–H groups in total. The van der Waals surface area contributed by atoms with Gasteiger partial charge >= 0.3 is 0 Å². The molecule has 0 aliphatic rings. The molecule has 0 fully saturated rings. The van der Waals surface area contributed by atoms with E-state index in [0.717, 1.165) is 5.52 Å². The Hall–Kier alpha value is -5.14. The van der Waals surface area contributed by atoms with Crippen LogP contribution in [0, 0.1) is 0 Å². The van der Waals surface area contributed by atoms with E-state index >= 15 is 0 Å². The van der Waals surface area contributed by atoms with Crippen LogP contribution >= 0.6 is 0 Å². The summed E-state index contributed by atoms with van der Waals surface area (Å²) in [6, 6.07) is 52.8. The van der Waals surface area contributed by atoms with Gasteiger partial charge < -0.3 is 4.98 Å². The molecule has 182 valence electrons. The van der Waals surface area contributed by atoms with Crippen molar-refractivity contribution in [3.8, 4) is 33.4 Å². The van der Waals surface area contributed by atoms with Crippen molar-refractivity contribution in [2.75, 3.05) is 0 Å². The van der Waals surface area contributed by atoms with Crippen LogP contribution in [0.5, 0.6) is 0 Å². The van der Waals surface area contributed by atoms with Gasteiger partial charge in [0.15, 0.2) is 0 Å². The van der Waals surface area contributed by atoms with Crippen molar-refractivity contribution in [2.45, 2.75) is 0 Å². The number of H-pyrrole nitrogens is 1. The molecule has 0 bridgehead atoms. The maximum absolute atomic E-state index is 3.74. The van der Waals surface area contributed by atoms with Gasteiger partial charge in [0.25, 0.3) is 0 Å². The lowest BCUT2D eigenvalue weighted by molar-refractivity contribution is 1.53. The maximum Gasteiger partial charge on any atom is 0.0544 e. The van der Waals surface area contributed by atoms with Crippen molar-refractivity contribution in [1.29, 1.82) is 0 Å². The average Bonchev–Trinajstić information content (AvgIpc) is 3.38. The third kappa shape index (κ3) is 3.55.